The second kappa shape index (κ2) is 4.86. The van der Waals surface area contributed by atoms with Crippen molar-refractivity contribution >= 4 is 26.7 Å². The molecular weight excluding hydrogens is 242 g/mol. The lowest BCUT2D eigenvalue weighted by molar-refractivity contribution is 0.333. The lowest BCUT2D eigenvalue weighted by atomic mass is 9.92. The smallest absolute Gasteiger partial charge is 0.183 e. The van der Waals surface area contributed by atoms with E-state index in [2.05, 4.69) is 40.7 Å². The van der Waals surface area contributed by atoms with Crippen molar-refractivity contribution in [3.63, 3.8) is 0 Å². The van der Waals surface area contributed by atoms with Gasteiger partial charge in [-0.1, -0.05) is 24.3 Å². The van der Waals surface area contributed by atoms with E-state index in [0.717, 1.165) is 23.1 Å². The van der Waals surface area contributed by atoms with E-state index in [4.69, 9.17) is 0 Å². The predicted molar refractivity (Wildman–Crippen MR) is 78.3 cm³/mol. The zero-order valence-electron chi connectivity index (χ0n) is 10.9. The van der Waals surface area contributed by atoms with E-state index in [9.17, 15) is 0 Å². The van der Waals surface area contributed by atoms with Crippen molar-refractivity contribution in [3.05, 3.63) is 23.8 Å². The van der Waals surface area contributed by atoms with Gasteiger partial charge in [0.2, 0.25) is 0 Å². The maximum atomic E-state index is 4.58. The number of thiazole rings is 1. The fourth-order valence-corrected chi connectivity index (χ4v) is 3.35. The molecule has 1 aliphatic heterocycles. The molecule has 0 amide bonds. The first-order valence-corrected chi connectivity index (χ1v) is 7.39. The maximum absolute atomic E-state index is 4.58. The van der Waals surface area contributed by atoms with Gasteiger partial charge in [0, 0.05) is 13.1 Å². The first kappa shape index (κ1) is 11.9. The molecule has 1 aliphatic rings. The minimum atomic E-state index is 0.505. The Balaban J connectivity index is 1.88. The zero-order chi connectivity index (χ0) is 12.5. The van der Waals surface area contributed by atoms with Gasteiger partial charge in [-0.3, -0.25) is 0 Å². The second-order valence-electron chi connectivity index (χ2n) is 5.14. The lowest BCUT2D eigenvalue weighted by Gasteiger charge is -2.28. The fourth-order valence-electron chi connectivity index (χ4n) is 2.55. The first-order valence-electron chi connectivity index (χ1n) is 6.58. The molecule has 1 aromatic heterocycles. The van der Waals surface area contributed by atoms with Crippen LogP contribution in [-0.2, 0) is 0 Å². The van der Waals surface area contributed by atoms with E-state index >= 15 is 0 Å². The van der Waals surface area contributed by atoms with Crippen molar-refractivity contribution in [2.75, 3.05) is 18.9 Å². The lowest BCUT2D eigenvalue weighted by Crippen LogP contribution is -2.31. The number of anilines is 1. The molecule has 1 fully saturated rings. The fraction of sp³-hybridized carbons (Fsp3) is 0.500. The molecule has 2 N–H and O–H groups in total. The molecule has 0 radical (unpaired) electrons. The second-order valence-corrected chi connectivity index (χ2v) is 6.17. The van der Waals surface area contributed by atoms with Crippen molar-refractivity contribution in [2.24, 2.45) is 5.92 Å². The largest absolute Gasteiger partial charge is 0.365 e. The van der Waals surface area contributed by atoms with Crippen LogP contribution in [0.4, 0.5) is 5.13 Å². The average Bonchev–Trinajstić information content (AvgIpc) is 2.81. The number of nitrogens with one attached hydrogen (secondary N) is 2. The average molecular weight is 261 g/mol. The minimum absolute atomic E-state index is 0.505. The van der Waals surface area contributed by atoms with E-state index in [1.54, 1.807) is 11.3 Å². The van der Waals surface area contributed by atoms with Crippen LogP contribution in [0.5, 0.6) is 0 Å². The van der Waals surface area contributed by atoms with Crippen LogP contribution in [-0.4, -0.2) is 18.6 Å². The summed E-state index contributed by atoms with van der Waals surface area (Å²) in [5.41, 5.74) is 2.49. The third-order valence-corrected chi connectivity index (χ3v) is 4.74. The van der Waals surface area contributed by atoms with Crippen molar-refractivity contribution in [2.45, 2.75) is 25.8 Å². The molecule has 2 heterocycles. The molecule has 3 rings (SSSR count). The molecule has 0 aliphatic carbocycles. The maximum Gasteiger partial charge on any atom is 0.183 e. The Morgan fingerprint density at radius 2 is 2.28 bits per heavy atom. The normalized spacial score (nSPS) is 24.3. The van der Waals surface area contributed by atoms with E-state index < -0.39 is 0 Å². The summed E-state index contributed by atoms with van der Waals surface area (Å²) >= 11 is 1.71. The molecule has 4 heteroatoms. The van der Waals surface area contributed by atoms with E-state index in [-0.39, 0.29) is 0 Å². The molecule has 0 saturated carbocycles. The summed E-state index contributed by atoms with van der Waals surface area (Å²) in [6.07, 6.45) is 2.55. The summed E-state index contributed by atoms with van der Waals surface area (Å²) in [5, 5.41) is 7.74. The number of fused-ring (bicyclic) bond motifs is 1. The summed E-state index contributed by atoms with van der Waals surface area (Å²) in [5.74, 6) is 0.806. The van der Waals surface area contributed by atoms with Gasteiger partial charge in [0.1, 0.15) is 0 Å². The first-order chi connectivity index (χ1) is 8.76. The SMILES string of the molecule is CNc1nc2cc([C@H]3CC[C@H](C)CN3)ccc2s1. The van der Waals surface area contributed by atoms with Crippen LogP contribution >= 0.6 is 11.3 Å². The predicted octanol–water partition coefficient (Wildman–Crippen LogP) is 3.40. The number of aromatic nitrogens is 1. The summed E-state index contributed by atoms with van der Waals surface area (Å²) in [6, 6.07) is 7.18. The van der Waals surface area contributed by atoms with E-state index in [1.165, 1.54) is 23.1 Å². The minimum Gasteiger partial charge on any atom is -0.365 e. The van der Waals surface area contributed by atoms with E-state index in [1.807, 2.05) is 7.05 Å². The van der Waals surface area contributed by atoms with Crippen LogP contribution in [0, 0.1) is 5.92 Å². The van der Waals surface area contributed by atoms with Gasteiger partial charge in [0.05, 0.1) is 10.2 Å². The highest BCUT2D eigenvalue weighted by atomic mass is 32.1. The number of piperidine rings is 1. The molecule has 2 aromatic rings. The Bertz CT molecular complexity index is 541. The number of hydrogen-bond donors (Lipinski definition) is 2. The summed E-state index contributed by atoms with van der Waals surface area (Å²) in [4.78, 5) is 4.58. The van der Waals surface area contributed by atoms with Crippen LogP contribution in [0.1, 0.15) is 31.4 Å². The van der Waals surface area contributed by atoms with Gasteiger partial charge in [-0.05, 0) is 43.0 Å². The van der Waals surface area contributed by atoms with Gasteiger partial charge in [-0.25, -0.2) is 4.98 Å². The van der Waals surface area contributed by atoms with Crippen molar-refractivity contribution < 1.29 is 0 Å². The van der Waals surface area contributed by atoms with Gasteiger partial charge in [0.15, 0.2) is 5.13 Å². The number of hydrogen-bond acceptors (Lipinski definition) is 4. The Labute approximate surface area is 112 Å². The Morgan fingerprint density at radius 1 is 1.39 bits per heavy atom. The van der Waals surface area contributed by atoms with Crippen molar-refractivity contribution in [1.29, 1.82) is 0 Å². The van der Waals surface area contributed by atoms with Crippen LogP contribution in [0.15, 0.2) is 18.2 Å². The monoisotopic (exact) mass is 261 g/mol. The van der Waals surface area contributed by atoms with Gasteiger partial charge in [-0.2, -0.15) is 0 Å². The van der Waals surface area contributed by atoms with Crippen molar-refractivity contribution in [1.82, 2.24) is 10.3 Å². The molecule has 2 atom stereocenters. The highest BCUT2D eigenvalue weighted by Crippen LogP contribution is 2.31. The quantitative estimate of drug-likeness (QED) is 0.870. The van der Waals surface area contributed by atoms with Crippen LogP contribution in [0.25, 0.3) is 10.2 Å². The van der Waals surface area contributed by atoms with Crippen LogP contribution < -0.4 is 10.6 Å². The van der Waals surface area contributed by atoms with Gasteiger partial charge in [-0.15, -0.1) is 0 Å². The highest BCUT2D eigenvalue weighted by Gasteiger charge is 2.19. The Kier molecular flexibility index (Phi) is 3.22. The standard InChI is InChI=1S/C14H19N3S/c1-9-3-5-11(16-8-9)10-4-6-13-12(7-10)17-14(15-2)18-13/h4,6-7,9,11,16H,3,5,8H2,1-2H3,(H,15,17)/t9-,11+/m0/s1. The summed E-state index contributed by atoms with van der Waals surface area (Å²) in [6.45, 7) is 3.44. The Morgan fingerprint density at radius 3 is 3.00 bits per heavy atom. The molecule has 1 aromatic carbocycles. The molecular formula is C14H19N3S. The highest BCUT2D eigenvalue weighted by molar-refractivity contribution is 7.22. The van der Waals surface area contributed by atoms with Gasteiger partial charge in [0.25, 0.3) is 0 Å². The number of benzene rings is 1. The third kappa shape index (κ3) is 2.22. The molecule has 0 unspecified atom stereocenters. The molecule has 0 spiro atoms. The van der Waals surface area contributed by atoms with Crippen LogP contribution in [0.2, 0.25) is 0 Å². The van der Waals surface area contributed by atoms with Gasteiger partial charge >= 0.3 is 0 Å². The zero-order valence-corrected chi connectivity index (χ0v) is 11.7. The van der Waals surface area contributed by atoms with E-state index in [0.29, 0.717) is 6.04 Å². The third-order valence-electron chi connectivity index (χ3n) is 3.69. The summed E-state index contributed by atoms with van der Waals surface area (Å²) in [7, 11) is 1.92. The van der Waals surface area contributed by atoms with Gasteiger partial charge < -0.3 is 10.6 Å². The molecule has 3 nitrogen and oxygen atoms in total. The molecule has 96 valence electrons. The molecule has 1 saturated heterocycles. The topological polar surface area (TPSA) is 37.0 Å². The number of rotatable bonds is 2. The van der Waals surface area contributed by atoms with Crippen LogP contribution in [0.3, 0.4) is 0 Å². The molecule has 18 heavy (non-hydrogen) atoms. The summed E-state index contributed by atoms with van der Waals surface area (Å²) < 4.78 is 1.26. The Hall–Kier alpha value is -1.13. The number of nitrogens with zero attached hydrogens (tertiary/aromatic N) is 1. The van der Waals surface area contributed by atoms with Crippen molar-refractivity contribution in [3.8, 4) is 0 Å². The molecule has 0 bridgehead atoms.